The van der Waals surface area contributed by atoms with Gasteiger partial charge in [-0.25, -0.2) is 0 Å². The maximum atomic E-state index is 5.97. The van der Waals surface area contributed by atoms with Gasteiger partial charge in [-0.05, 0) is 26.0 Å². The third kappa shape index (κ3) is 5.71. The SMILES string of the molecule is CC[NH+](CC)CCOCCOc1ccccc1Cl. The van der Waals surface area contributed by atoms with Crippen molar-refractivity contribution in [2.24, 2.45) is 0 Å². The quantitative estimate of drug-likeness (QED) is 0.691. The predicted octanol–water partition coefficient (Wildman–Crippen LogP) is 1.66. The monoisotopic (exact) mass is 272 g/mol. The van der Waals surface area contributed by atoms with Crippen LogP contribution in [0.2, 0.25) is 5.02 Å². The fourth-order valence-electron chi connectivity index (χ4n) is 1.69. The van der Waals surface area contributed by atoms with Crippen LogP contribution in [0.5, 0.6) is 5.75 Å². The van der Waals surface area contributed by atoms with E-state index in [9.17, 15) is 0 Å². The van der Waals surface area contributed by atoms with E-state index in [1.807, 2.05) is 24.3 Å². The van der Waals surface area contributed by atoms with Crippen LogP contribution in [0.3, 0.4) is 0 Å². The highest BCUT2D eigenvalue weighted by molar-refractivity contribution is 6.32. The molecule has 1 aromatic carbocycles. The maximum Gasteiger partial charge on any atom is 0.138 e. The largest absolute Gasteiger partial charge is 0.490 e. The third-order valence-electron chi connectivity index (χ3n) is 2.92. The van der Waals surface area contributed by atoms with Crippen molar-refractivity contribution >= 4 is 11.6 Å². The topological polar surface area (TPSA) is 22.9 Å². The first kappa shape index (κ1) is 15.3. The zero-order valence-electron chi connectivity index (χ0n) is 11.2. The van der Waals surface area contributed by atoms with E-state index in [1.54, 1.807) is 4.90 Å². The lowest BCUT2D eigenvalue weighted by Gasteiger charge is -2.15. The van der Waals surface area contributed by atoms with E-state index in [4.69, 9.17) is 21.1 Å². The zero-order valence-corrected chi connectivity index (χ0v) is 12.0. The van der Waals surface area contributed by atoms with Crippen LogP contribution in [0.25, 0.3) is 0 Å². The van der Waals surface area contributed by atoms with Gasteiger partial charge in [0.05, 0.1) is 31.3 Å². The molecular weight excluding hydrogens is 250 g/mol. The van der Waals surface area contributed by atoms with Gasteiger partial charge in [0.15, 0.2) is 0 Å². The molecule has 0 aliphatic carbocycles. The van der Waals surface area contributed by atoms with Crippen LogP contribution in [-0.4, -0.2) is 39.5 Å². The Bertz CT molecular complexity index is 329. The Hall–Kier alpha value is -0.770. The Morgan fingerprint density at radius 2 is 1.78 bits per heavy atom. The lowest BCUT2D eigenvalue weighted by atomic mass is 10.3. The summed E-state index contributed by atoms with van der Waals surface area (Å²) in [6, 6.07) is 7.48. The molecule has 0 aliphatic rings. The molecule has 102 valence electrons. The van der Waals surface area contributed by atoms with Crippen molar-refractivity contribution in [1.29, 1.82) is 0 Å². The second-order valence-electron chi connectivity index (χ2n) is 4.10. The molecule has 0 aromatic heterocycles. The lowest BCUT2D eigenvalue weighted by molar-refractivity contribution is -0.896. The molecule has 4 heteroatoms. The molecule has 0 bridgehead atoms. The van der Waals surface area contributed by atoms with Gasteiger partial charge in [0.25, 0.3) is 0 Å². The van der Waals surface area contributed by atoms with Crippen LogP contribution >= 0.6 is 11.6 Å². The smallest absolute Gasteiger partial charge is 0.138 e. The zero-order chi connectivity index (χ0) is 13.2. The van der Waals surface area contributed by atoms with E-state index < -0.39 is 0 Å². The molecule has 18 heavy (non-hydrogen) atoms. The fourth-order valence-corrected chi connectivity index (χ4v) is 1.88. The molecule has 1 rings (SSSR count). The molecule has 0 unspecified atom stereocenters. The van der Waals surface area contributed by atoms with Crippen molar-refractivity contribution in [3.8, 4) is 5.75 Å². The Kier molecular flexibility index (Phi) is 7.81. The summed E-state index contributed by atoms with van der Waals surface area (Å²) in [5.41, 5.74) is 0. The molecular formula is C14H23ClNO2+. The number of nitrogens with one attached hydrogen (secondary N) is 1. The molecule has 0 radical (unpaired) electrons. The fraction of sp³-hybridized carbons (Fsp3) is 0.571. The molecule has 0 heterocycles. The minimum atomic E-state index is 0.539. The number of benzene rings is 1. The summed E-state index contributed by atoms with van der Waals surface area (Å²) in [5.74, 6) is 0.720. The highest BCUT2D eigenvalue weighted by atomic mass is 35.5. The Labute approximate surface area is 115 Å². The first-order chi connectivity index (χ1) is 8.77. The third-order valence-corrected chi connectivity index (χ3v) is 3.23. The molecule has 1 N–H and O–H groups in total. The molecule has 0 spiro atoms. The van der Waals surface area contributed by atoms with Gasteiger partial charge in [0.1, 0.15) is 18.9 Å². The normalized spacial score (nSPS) is 10.9. The highest BCUT2D eigenvalue weighted by Crippen LogP contribution is 2.22. The standard InChI is InChI=1S/C14H22ClNO2/c1-3-16(4-2)9-10-17-11-12-18-14-8-6-5-7-13(14)15/h5-8H,3-4,9-12H2,1-2H3/p+1. The van der Waals surface area contributed by atoms with Gasteiger partial charge in [-0.2, -0.15) is 0 Å². The van der Waals surface area contributed by atoms with Gasteiger partial charge in [0.2, 0.25) is 0 Å². The summed E-state index contributed by atoms with van der Waals surface area (Å²) in [5, 5.41) is 0.644. The Morgan fingerprint density at radius 3 is 2.44 bits per heavy atom. The van der Waals surface area contributed by atoms with E-state index in [0.717, 1.165) is 32.0 Å². The molecule has 0 amide bonds. The van der Waals surface area contributed by atoms with E-state index in [1.165, 1.54) is 0 Å². The number of rotatable bonds is 9. The summed E-state index contributed by atoms with van der Waals surface area (Å²) in [4.78, 5) is 1.56. The van der Waals surface area contributed by atoms with Crippen LogP contribution in [0.4, 0.5) is 0 Å². The Morgan fingerprint density at radius 1 is 1.06 bits per heavy atom. The second kappa shape index (κ2) is 9.20. The van der Waals surface area contributed by atoms with Gasteiger partial charge in [-0.3, -0.25) is 0 Å². The average Bonchev–Trinajstić information content (AvgIpc) is 2.40. The Balaban J connectivity index is 2.07. The summed E-state index contributed by atoms with van der Waals surface area (Å²) in [6.45, 7) is 9.66. The average molecular weight is 273 g/mol. The molecule has 3 nitrogen and oxygen atoms in total. The number of likely N-dealkylation sites (N-methyl/N-ethyl adjacent to an activating group) is 1. The number of halogens is 1. The molecule has 0 saturated carbocycles. The molecule has 0 aliphatic heterocycles. The molecule has 1 aromatic rings. The highest BCUT2D eigenvalue weighted by Gasteiger charge is 2.02. The predicted molar refractivity (Wildman–Crippen MR) is 74.7 cm³/mol. The number of hydrogen-bond acceptors (Lipinski definition) is 2. The van der Waals surface area contributed by atoms with Crippen molar-refractivity contribution in [3.05, 3.63) is 29.3 Å². The summed E-state index contributed by atoms with van der Waals surface area (Å²) < 4.78 is 11.1. The lowest BCUT2D eigenvalue weighted by Crippen LogP contribution is -3.11. The second-order valence-corrected chi connectivity index (χ2v) is 4.51. The van der Waals surface area contributed by atoms with Crippen molar-refractivity contribution in [1.82, 2.24) is 0 Å². The number of hydrogen-bond donors (Lipinski definition) is 1. The van der Waals surface area contributed by atoms with Crippen LogP contribution in [-0.2, 0) is 4.74 Å². The van der Waals surface area contributed by atoms with Gasteiger partial charge in [-0.15, -0.1) is 0 Å². The van der Waals surface area contributed by atoms with Crippen molar-refractivity contribution in [3.63, 3.8) is 0 Å². The van der Waals surface area contributed by atoms with Crippen molar-refractivity contribution < 1.29 is 14.4 Å². The van der Waals surface area contributed by atoms with Crippen molar-refractivity contribution in [2.75, 3.05) is 39.5 Å². The van der Waals surface area contributed by atoms with Crippen LogP contribution in [0.1, 0.15) is 13.8 Å². The molecule has 0 saturated heterocycles. The summed E-state index contributed by atoms with van der Waals surface area (Å²) in [7, 11) is 0. The van der Waals surface area contributed by atoms with Gasteiger partial charge in [-0.1, -0.05) is 23.7 Å². The van der Waals surface area contributed by atoms with Crippen LogP contribution in [0.15, 0.2) is 24.3 Å². The first-order valence-electron chi connectivity index (χ1n) is 6.56. The van der Waals surface area contributed by atoms with E-state index >= 15 is 0 Å². The number of para-hydroxylation sites is 1. The summed E-state index contributed by atoms with van der Waals surface area (Å²) >= 11 is 5.97. The number of ether oxygens (including phenoxy) is 2. The minimum Gasteiger partial charge on any atom is -0.490 e. The number of quaternary nitrogens is 1. The molecule has 0 fully saturated rings. The van der Waals surface area contributed by atoms with E-state index in [-0.39, 0.29) is 0 Å². The van der Waals surface area contributed by atoms with Crippen LogP contribution in [0, 0.1) is 0 Å². The first-order valence-corrected chi connectivity index (χ1v) is 6.94. The van der Waals surface area contributed by atoms with Crippen LogP contribution < -0.4 is 9.64 Å². The minimum absolute atomic E-state index is 0.539. The summed E-state index contributed by atoms with van der Waals surface area (Å²) in [6.07, 6.45) is 0. The molecule has 0 atom stereocenters. The maximum absolute atomic E-state index is 5.97. The van der Waals surface area contributed by atoms with E-state index in [2.05, 4.69) is 13.8 Å². The van der Waals surface area contributed by atoms with Gasteiger partial charge in [0, 0.05) is 0 Å². The van der Waals surface area contributed by atoms with Gasteiger partial charge < -0.3 is 14.4 Å². The van der Waals surface area contributed by atoms with Crippen molar-refractivity contribution in [2.45, 2.75) is 13.8 Å². The van der Waals surface area contributed by atoms with Gasteiger partial charge >= 0.3 is 0 Å². The van der Waals surface area contributed by atoms with E-state index in [0.29, 0.717) is 18.2 Å².